The maximum Gasteiger partial charge on any atom is 0.262 e. The number of carbonyl (C=O) groups is 2. The van der Waals surface area contributed by atoms with Crippen LogP contribution in [0, 0.1) is 13.8 Å². The van der Waals surface area contributed by atoms with E-state index in [0.717, 1.165) is 34.7 Å². The number of hydrogen-bond acceptors (Lipinski definition) is 5. The van der Waals surface area contributed by atoms with Crippen LogP contribution in [0.3, 0.4) is 0 Å². The van der Waals surface area contributed by atoms with E-state index < -0.39 is 11.9 Å². The molecule has 3 rings (SSSR count). The third-order valence-electron chi connectivity index (χ3n) is 5.25. The average Bonchev–Trinajstić information content (AvgIpc) is 2.81. The van der Waals surface area contributed by atoms with E-state index in [1.54, 1.807) is 18.2 Å². The van der Waals surface area contributed by atoms with Gasteiger partial charge in [0.05, 0.1) is 18.3 Å². The second kappa shape index (κ2) is 11.6. The minimum Gasteiger partial charge on any atom is -0.543 e. The Hall–Kier alpha value is -3.51. The molecule has 1 N–H and O–H groups in total. The number of ether oxygens (including phenoxy) is 2. The first-order valence-corrected chi connectivity index (χ1v) is 11.4. The Kier molecular flexibility index (Phi) is 8.55. The van der Waals surface area contributed by atoms with E-state index in [4.69, 9.17) is 21.1 Å². The third-order valence-corrected chi connectivity index (χ3v) is 5.84. The molecule has 7 heteroatoms. The lowest BCUT2D eigenvalue weighted by Gasteiger charge is -2.16. The van der Waals surface area contributed by atoms with Gasteiger partial charge in [0.25, 0.3) is 5.91 Å². The van der Waals surface area contributed by atoms with Gasteiger partial charge in [-0.05, 0) is 66.4 Å². The van der Waals surface area contributed by atoms with E-state index in [1.807, 2.05) is 44.2 Å². The number of rotatable bonds is 10. The summed E-state index contributed by atoms with van der Waals surface area (Å²) in [5, 5.41) is 16.6. The van der Waals surface area contributed by atoms with Gasteiger partial charge in [-0.1, -0.05) is 55.3 Å². The molecule has 3 aromatic rings. The first-order chi connectivity index (χ1) is 16.3. The van der Waals surface area contributed by atoms with Crippen LogP contribution in [0.2, 0.25) is 5.02 Å². The van der Waals surface area contributed by atoms with Crippen molar-refractivity contribution >= 4 is 40.3 Å². The molecule has 0 radical (unpaired) electrons. The van der Waals surface area contributed by atoms with Crippen molar-refractivity contribution in [2.24, 2.45) is 0 Å². The van der Waals surface area contributed by atoms with Crippen molar-refractivity contribution in [3.63, 3.8) is 0 Å². The quantitative estimate of drug-likeness (QED) is 0.339. The van der Waals surface area contributed by atoms with Gasteiger partial charge in [-0.15, -0.1) is 0 Å². The normalized spacial score (nSPS) is 11.4. The van der Waals surface area contributed by atoms with Gasteiger partial charge in [0.15, 0.2) is 6.61 Å². The molecule has 3 aromatic carbocycles. The van der Waals surface area contributed by atoms with Crippen molar-refractivity contribution < 1.29 is 24.2 Å². The number of amides is 1. The highest BCUT2D eigenvalue weighted by molar-refractivity contribution is 6.32. The number of hydrogen-bond donors (Lipinski definition) is 1. The molecule has 0 saturated heterocycles. The summed E-state index contributed by atoms with van der Waals surface area (Å²) < 4.78 is 11.4. The Morgan fingerprint density at radius 2 is 1.76 bits per heavy atom. The van der Waals surface area contributed by atoms with Gasteiger partial charge in [-0.2, -0.15) is 0 Å². The maximum absolute atomic E-state index is 12.5. The monoisotopic (exact) mass is 480 g/mol. The molecule has 0 unspecified atom stereocenters. The van der Waals surface area contributed by atoms with Gasteiger partial charge < -0.3 is 24.7 Å². The number of aryl methyl sites for hydroxylation is 2. The van der Waals surface area contributed by atoms with Gasteiger partial charge >= 0.3 is 0 Å². The number of carboxylic acid groups (broad SMARTS) is 1. The second-order valence-corrected chi connectivity index (χ2v) is 8.33. The molecule has 0 aliphatic carbocycles. The minimum atomic E-state index is -1.51. The van der Waals surface area contributed by atoms with E-state index in [0.29, 0.717) is 28.7 Å². The van der Waals surface area contributed by atoms with Crippen LogP contribution in [0.1, 0.15) is 36.5 Å². The van der Waals surface area contributed by atoms with Crippen molar-refractivity contribution in [3.8, 4) is 11.5 Å². The molecule has 0 fully saturated rings. The molecule has 0 heterocycles. The summed E-state index contributed by atoms with van der Waals surface area (Å²) in [6.45, 7) is 5.85. The number of benzene rings is 3. The summed E-state index contributed by atoms with van der Waals surface area (Å²) in [4.78, 5) is 24.3. The van der Waals surface area contributed by atoms with E-state index in [1.165, 1.54) is 6.08 Å². The molecule has 0 saturated carbocycles. The van der Waals surface area contributed by atoms with Crippen molar-refractivity contribution in [3.05, 3.63) is 75.9 Å². The van der Waals surface area contributed by atoms with Crippen LogP contribution < -0.4 is 19.9 Å². The van der Waals surface area contributed by atoms with Gasteiger partial charge in [0.2, 0.25) is 0 Å². The van der Waals surface area contributed by atoms with Crippen LogP contribution in [-0.2, 0) is 9.59 Å². The summed E-state index contributed by atoms with van der Waals surface area (Å²) >= 11 is 6.16. The number of unbranched alkanes of at least 4 members (excludes halogenated alkanes) is 1. The SMILES string of the molecule is CCCCOc1ccc2ccccc2c1/C=C(/NC(=O)COc1cc(C)c(Cl)c(C)c1)C(=O)[O-]. The number of nitrogens with one attached hydrogen (secondary N) is 1. The number of carboxylic acids is 1. The summed E-state index contributed by atoms with van der Waals surface area (Å²) in [6, 6.07) is 14.7. The van der Waals surface area contributed by atoms with Gasteiger partial charge in [-0.3, -0.25) is 4.79 Å². The zero-order valence-electron chi connectivity index (χ0n) is 19.4. The average molecular weight is 481 g/mol. The number of halogens is 1. The lowest BCUT2D eigenvalue weighted by atomic mass is 10.0. The van der Waals surface area contributed by atoms with Crippen LogP contribution >= 0.6 is 11.6 Å². The molecule has 0 spiro atoms. The van der Waals surface area contributed by atoms with Gasteiger partial charge in [0.1, 0.15) is 11.5 Å². The molecule has 34 heavy (non-hydrogen) atoms. The van der Waals surface area contributed by atoms with Crippen molar-refractivity contribution in [1.82, 2.24) is 5.32 Å². The molecular weight excluding hydrogens is 454 g/mol. The fourth-order valence-electron chi connectivity index (χ4n) is 3.49. The first kappa shape index (κ1) is 25.1. The summed E-state index contributed by atoms with van der Waals surface area (Å²) in [7, 11) is 0. The van der Waals surface area contributed by atoms with Gasteiger partial charge in [-0.25, -0.2) is 0 Å². The molecule has 178 valence electrons. The predicted octanol–water partition coefficient (Wildman–Crippen LogP) is 4.57. The Morgan fingerprint density at radius 3 is 2.44 bits per heavy atom. The van der Waals surface area contributed by atoms with E-state index in [9.17, 15) is 14.7 Å². The minimum absolute atomic E-state index is 0.374. The van der Waals surface area contributed by atoms with Crippen molar-refractivity contribution in [1.29, 1.82) is 0 Å². The number of carbonyl (C=O) groups excluding carboxylic acids is 2. The Balaban J connectivity index is 1.85. The molecule has 0 aromatic heterocycles. The fourth-order valence-corrected chi connectivity index (χ4v) is 3.60. The lowest BCUT2D eigenvalue weighted by molar-refractivity contribution is -0.299. The Labute approximate surface area is 204 Å². The fraction of sp³-hybridized carbons (Fsp3) is 0.259. The smallest absolute Gasteiger partial charge is 0.262 e. The number of fused-ring (bicyclic) bond motifs is 1. The Morgan fingerprint density at radius 1 is 1.06 bits per heavy atom. The second-order valence-electron chi connectivity index (χ2n) is 7.95. The molecule has 1 amide bonds. The summed E-state index contributed by atoms with van der Waals surface area (Å²) in [5.41, 5.74) is 1.81. The van der Waals surface area contributed by atoms with Crippen LogP contribution in [0.25, 0.3) is 16.8 Å². The van der Waals surface area contributed by atoms with Crippen molar-refractivity contribution in [2.75, 3.05) is 13.2 Å². The molecule has 0 atom stereocenters. The zero-order valence-corrected chi connectivity index (χ0v) is 20.2. The van der Waals surface area contributed by atoms with Crippen LogP contribution in [0.5, 0.6) is 11.5 Å². The Bertz CT molecular complexity index is 1210. The van der Waals surface area contributed by atoms with E-state index in [2.05, 4.69) is 12.2 Å². The standard InChI is InChI=1S/C27H28ClNO5/c1-4-5-12-33-24-11-10-19-8-6-7-9-21(19)22(24)15-23(27(31)32)29-25(30)16-34-20-13-17(2)26(28)18(3)14-20/h6-11,13-15H,4-5,12,16H2,1-3H3,(H,29,30)(H,31,32)/p-1/b23-15+. The zero-order chi connectivity index (χ0) is 24.7. The first-order valence-electron chi connectivity index (χ1n) is 11.1. The molecule has 6 nitrogen and oxygen atoms in total. The lowest BCUT2D eigenvalue weighted by Crippen LogP contribution is -2.37. The molecule has 0 aliphatic heterocycles. The maximum atomic E-state index is 12.5. The van der Waals surface area contributed by atoms with Crippen LogP contribution in [-0.4, -0.2) is 25.1 Å². The predicted molar refractivity (Wildman–Crippen MR) is 132 cm³/mol. The van der Waals surface area contributed by atoms with Gasteiger partial charge in [0, 0.05) is 10.6 Å². The van der Waals surface area contributed by atoms with Crippen LogP contribution in [0.4, 0.5) is 0 Å². The van der Waals surface area contributed by atoms with Crippen molar-refractivity contribution in [2.45, 2.75) is 33.6 Å². The van der Waals surface area contributed by atoms with E-state index >= 15 is 0 Å². The molecule has 0 aliphatic rings. The summed E-state index contributed by atoms with van der Waals surface area (Å²) in [6.07, 6.45) is 3.19. The molecular formula is C27H27ClNO5-. The summed E-state index contributed by atoms with van der Waals surface area (Å²) in [5.74, 6) is -1.15. The topological polar surface area (TPSA) is 87.7 Å². The highest BCUT2D eigenvalue weighted by Crippen LogP contribution is 2.30. The number of aliphatic carboxylic acids is 1. The highest BCUT2D eigenvalue weighted by Gasteiger charge is 2.13. The van der Waals surface area contributed by atoms with Crippen LogP contribution in [0.15, 0.2) is 54.2 Å². The molecule has 0 bridgehead atoms. The highest BCUT2D eigenvalue weighted by atomic mass is 35.5. The van der Waals surface area contributed by atoms with E-state index in [-0.39, 0.29) is 12.3 Å². The third kappa shape index (κ3) is 6.29. The largest absolute Gasteiger partial charge is 0.543 e.